The summed E-state index contributed by atoms with van der Waals surface area (Å²) >= 11 is 0. The summed E-state index contributed by atoms with van der Waals surface area (Å²) in [7, 11) is -2.51. The second kappa shape index (κ2) is 21.5. The van der Waals surface area contributed by atoms with E-state index in [1.807, 2.05) is 6.20 Å². The predicted octanol–water partition coefficient (Wildman–Crippen LogP) is 21.5. The van der Waals surface area contributed by atoms with Crippen LogP contribution < -0.4 is 0 Å². The average Bonchev–Trinajstić information content (AvgIpc) is 1.52. The maximum Gasteiger partial charge on any atom is 0.141 e. The Morgan fingerprint density at radius 1 is 0.483 bits per heavy atom. The number of aliphatic imine (C=N–C) groups is 1. The third-order valence-corrected chi connectivity index (χ3v) is 25.5. The zero-order chi connectivity index (χ0) is 58.6. The van der Waals surface area contributed by atoms with Gasteiger partial charge in [0.2, 0.25) is 0 Å². The minimum Gasteiger partial charge on any atom is -0.456 e. The molecule has 2 aliphatic heterocycles. The van der Waals surface area contributed by atoms with Gasteiger partial charge in [-0.25, -0.2) is 9.97 Å². The number of pyridine rings is 1. The van der Waals surface area contributed by atoms with Gasteiger partial charge in [-0.2, -0.15) is 10.0 Å². The predicted molar refractivity (Wildman–Crippen MR) is 370 cm³/mol. The molecule has 9 aromatic carbocycles. The van der Waals surface area contributed by atoms with Gasteiger partial charge in [-0.1, -0.05) is 196 Å². The molecule has 1 saturated carbocycles. The lowest BCUT2D eigenvalue weighted by molar-refractivity contribution is 0.509. The van der Waals surface area contributed by atoms with Crippen LogP contribution in [0.5, 0.6) is 0 Å². The molecule has 3 atom stereocenters. The summed E-state index contributed by atoms with van der Waals surface area (Å²) in [6, 6.07) is 73.8. The van der Waals surface area contributed by atoms with Crippen LogP contribution in [0.1, 0.15) is 143 Å². The monoisotopic (exact) mass is 1170 g/mol. The maximum atomic E-state index is 7.81. The first kappa shape index (κ1) is 52.7. The van der Waals surface area contributed by atoms with E-state index in [2.05, 4.69) is 229 Å². The molecule has 0 spiro atoms. The Kier molecular flexibility index (Phi) is 12.7. The van der Waals surface area contributed by atoms with E-state index >= 15 is 0 Å². The second-order valence-corrected chi connectivity index (χ2v) is 28.8. The number of nitrogens with one attached hydrogen (secondary N) is 1. The highest BCUT2D eigenvalue weighted by molar-refractivity contribution is 8.42. The molecule has 0 saturated heterocycles. The summed E-state index contributed by atoms with van der Waals surface area (Å²) in [6.07, 6.45) is 27.2. The Hall–Kier alpha value is -9.36. The van der Waals surface area contributed by atoms with E-state index in [0.717, 1.165) is 136 Å². The number of hydrogen-bond acceptors (Lipinski definition) is 4. The van der Waals surface area contributed by atoms with Crippen molar-refractivity contribution in [2.45, 2.75) is 110 Å². The third kappa shape index (κ3) is 8.32. The number of fused-ring (bicyclic) bond motifs is 10. The molecule has 12 aromatic rings. The molecule has 5 heterocycles. The minimum atomic E-state index is -2.51. The normalized spacial score (nSPS) is 22.0. The van der Waals surface area contributed by atoms with E-state index in [0.29, 0.717) is 0 Å². The van der Waals surface area contributed by atoms with Gasteiger partial charge < -0.3 is 9.40 Å². The van der Waals surface area contributed by atoms with Gasteiger partial charge in [0, 0.05) is 65.9 Å². The van der Waals surface area contributed by atoms with Crippen LogP contribution >= 0.6 is 10.0 Å². The van der Waals surface area contributed by atoms with Crippen molar-refractivity contribution >= 4 is 70.0 Å². The van der Waals surface area contributed by atoms with Gasteiger partial charge in [0.25, 0.3) is 0 Å². The molecule has 4 aliphatic carbocycles. The fraction of sp³-hybridized carbons (Fsp3) is 0.193. The number of nitrogens with zero attached hydrogens (tertiary/aromatic N) is 3. The standard InChI is InChI=1S/C83H68N4OS/c1-2-6-31-57(32-7-3-1)89(74-45-24-36-61-60-35-16-11-27-54(60)49-66(61)74)81(73-51-56-29-13-20-44-72(56)88-73)80(83-86-69-40-18-19-41-70(69)87-83)79-78(71-42-8-4-5-21-48-84-71)76(63-38-23-43-68-65(63)50-55-28-12-17-39-67(55)85-68)75(62-37-22-30-52-25-9-14-33-58(52)62)77(82(79)89)64-47-46-53-26-10-15-34-59(53)64/h4-5,8-21,23-29,33-36,38-45,48,50-51,57,62,64H,1-3,6-7,22,30-32,37,46-47,49H2,(H,86,87)/b5-4-,8-4?,21-5?,42-8-,48-21-,71-42?,84-48?,84-71+. The number of allylic oxidation sites excluding steroid dienone is 5. The molecule has 89 heavy (non-hydrogen) atoms. The van der Waals surface area contributed by atoms with Gasteiger partial charge in [-0.3, -0.25) is 4.99 Å². The number of aryl methyl sites for hydroxylation is 2. The van der Waals surface area contributed by atoms with Crippen LogP contribution in [-0.4, -0.2) is 25.9 Å². The highest BCUT2D eigenvalue weighted by Crippen LogP contribution is 2.85. The van der Waals surface area contributed by atoms with Gasteiger partial charge in [-0.05, 0) is 179 Å². The summed E-state index contributed by atoms with van der Waals surface area (Å²) in [5, 5.41) is 3.61. The second-order valence-electron chi connectivity index (χ2n) is 25.6. The highest BCUT2D eigenvalue weighted by atomic mass is 32.3. The number of aromatic amines is 1. The molecule has 3 unspecified atom stereocenters. The van der Waals surface area contributed by atoms with Gasteiger partial charge in [0.05, 0.1) is 32.7 Å². The fourth-order valence-corrected chi connectivity index (χ4v) is 22.8. The zero-order valence-corrected chi connectivity index (χ0v) is 50.8. The number of benzene rings is 9. The highest BCUT2D eigenvalue weighted by Gasteiger charge is 2.56. The number of imidazole rings is 1. The summed E-state index contributed by atoms with van der Waals surface area (Å²) in [6.45, 7) is 0. The van der Waals surface area contributed by atoms with Crippen molar-refractivity contribution in [2.24, 2.45) is 4.99 Å². The van der Waals surface area contributed by atoms with Crippen LogP contribution in [0.3, 0.4) is 0 Å². The minimum absolute atomic E-state index is 0.0454. The Morgan fingerprint density at radius 2 is 1.17 bits per heavy atom. The lowest BCUT2D eigenvalue weighted by Crippen LogP contribution is -2.26. The Bertz CT molecular complexity index is 4990. The number of hydrogen-bond donors (Lipinski definition) is 1. The summed E-state index contributed by atoms with van der Waals surface area (Å²) in [5.74, 6) is 1.92. The molecule has 0 radical (unpaired) electrons. The molecule has 3 aromatic heterocycles. The van der Waals surface area contributed by atoms with Crippen LogP contribution in [-0.2, 0) is 19.3 Å². The van der Waals surface area contributed by atoms with Crippen molar-refractivity contribution in [1.29, 1.82) is 0 Å². The number of aromatic nitrogens is 3. The first-order chi connectivity index (χ1) is 44.2. The lowest BCUT2D eigenvalue weighted by Gasteiger charge is -2.50. The largest absolute Gasteiger partial charge is 0.456 e. The van der Waals surface area contributed by atoms with Crippen molar-refractivity contribution in [2.75, 3.05) is 0 Å². The van der Waals surface area contributed by atoms with Crippen molar-refractivity contribution in [3.05, 3.63) is 298 Å². The number of para-hydroxylation sites is 4. The first-order valence-corrected chi connectivity index (χ1v) is 34.3. The Balaban J connectivity index is 1.15. The zero-order valence-electron chi connectivity index (χ0n) is 50.0. The molecule has 0 bridgehead atoms. The quantitative estimate of drug-likeness (QED) is 0.154. The van der Waals surface area contributed by atoms with E-state index in [-0.39, 0.29) is 17.1 Å². The molecule has 1 N–H and O–H groups in total. The Labute approximate surface area is 521 Å². The SMILES string of the molecule is C1=C\C=C/C(c2c3c(c(C4CCc5ccccc54)c(C4CCCc5ccccc54)c2-c2cccc4nc5ccccc5cc24)S(c2cccc4c2Cc2ccccc2-4)(C2CCCCCCC2)C(c2cc4ccccc4o2)=C3c2nc3ccccc3[nH]2)=N\C=C/1. The van der Waals surface area contributed by atoms with Crippen molar-refractivity contribution < 1.29 is 4.42 Å². The summed E-state index contributed by atoms with van der Waals surface area (Å²) in [5.41, 5.74) is 26.1. The maximum absolute atomic E-state index is 7.81. The molecule has 6 heteroatoms. The number of H-pyrrole nitrogens is 1. The average molecular weight is 1170 g/mol. The van der Waals surface area contributed by atoms with Gasteiger partial charge in [-0.15, -0.1) is 0 Å². The van der Waals surface area contributed by atoms with Crippen LogP contribution in [0.25, 0.3) is 76.5 Å². The molecule has 432 valence electrons. The van der Waals surface area contributed by atoms with E-state index < -0.39 is 10.0 Å². The molecule has 5 nitrogen and oxygen atoms in total. The molecular formula is C83H68N4OS. The first-order valence-electron chi connectivity index (χ1n) is 32.6. The van der Waals surface area contributed by atoms with Crippen LogP contribution in [0.15, 0.2) is 250 Å². The summed E-state index contributed by atoms with van der Waals surface area (Å²) < 4.78 is 7.81. The third-order valence-electron chi connectivity index (χ3n) is 20.8. The lowest BCUT2D eigenvalue weighted by atomic mass is 9.69. The van der Waals surface area contributed by atoms with Crippen LogP contribution in [0.2, 0.25) is 0 Å². The van der Waals surface area contributed by atoms with Crippen LogP contribution in [0.4, 0.5) is 0 Å². The van der Waals surface area contributed by atoms with Crippen LogP contribution in [0, 0.1) is 0 Å². The number of rotatable bonds is 8. The Morgan fingerprint density at radius 3 is 2.02 bits per heavy atom. The number of furan rings is 1. The smallest absolute Gasteiger partial charge is 0.141 e. The van der Waals surface area contributed by atoms with E-state index in [1.54, 1.807) is 0 Å². The topological polar surface area (TPSA) is 67.1 Å². The van der Waals surface area contributed by atoms with Gasteiger partial charge in [0.1, 0.15) is 17.2 Å². The van der Waals surface area contributed by atoms with E-state index in [4.69, 9.17) is 19.4 Å². The van der Waals surface area contributed by atoms with E-state index in [9.17, 15) is 0 Å². The van der Waals surface area contributed by atoms with Gasteiger partial charge >= 0.3 is 0 Å². The molecule has 6 aliphatic rings. The van der Waals surface area contributed by atoms with Crippen molar-refractivity contribution in [1.82, 2.24) is 15.0 Å². The molecule has 18 rings (SSSR count). The van der Waals surface area contributed by atoms with Crippen molar-refractivity contribution in [3.63, 3.8) is 0 Å². The van der Waals surface area contributed by atoms with Gasteiger partial charge in [0.15, 0.2) is 0 Å². The van der Waals surface area contributed by atoms with Crippen molar-refractivity contribution in [3.8, 4) is 22.3 Å². The van der Waals surface area contributed by atoms with E-state index in [1.165, 1.54) is 106 Å². The summed E-state index contributed by atoms with van der Waals surface area (Å²) in [4.78, 5) is 25.8. The molecule has 1 fully saturated rings. The molecular weight excluding hydrogens is 1100 g/mol. The fourth-order valence-electron chi connectivity index (χ4n) is 17.1. The molecule has 0 amide bonds.